The second-order valence-corrected chi connectivity index (χ2v) is 10.9. The van der Waals surface area contributed by atoms with Gasteiger partial charge in [0.2, 0.25) is 10.0 Å². The Morgan fingerprint density at radius 1 is 1.21 bits per heavy atom. The number of carbonyl (C=O) groups is 1. The van der Waals surface area contributed by atoms with Gasteiger partial charge in [0.05, 0.1) is 28.2 Å². The van der Waals surface area contributed by atoms with Crippen molar-refractivity contribution < 1.29 is 23.1 Å². The summed E-state index contributed by atoms with van der Waals surface area (Å²) in [4.78, 5) is 14.2. The van der Waals surface area contributed by atoms with Crippen molar-refractivity contribution in [2.75, 3.05) is 26.2 Å². The Morgan fingerprint density at radius 3 is 2.70 bits per heavy atom. The van der Waals surface area contributed by atoms with Gasteiger partial charge in [-0.15, -0.1) is 0 Å². The molecule has 8 nitrogen and oxygen atoms in total. The van der Waals surface area contributed by atoms with Crippen LogP contribution in [0.15, 0.2) is 41.3 Å². The van der Waals surface area contributed by atoms with Crippen LogP contribution in [-0.4, -0.2) is 60.9 Å². The van der Waals surface area contributed by atoms with Crippen LogP contribution in [0.1, 0.15) is 45.1 Å². The summed E-state index contributed by atoms with van der Waals surface area (Å²) in [7, 11) is -3.64. The minimum atomic E-state index is -3.64. The lowest BCUT2D eigenvalue weighted by atomic mass is 9.95. The highest BCUT2D eigenvalue weighted by atomic mass is 32.2. The SMILES string of the molecule is Cc1c(C(O)CN2CCC3CN(S(=O)(=O)c4ccc(C#N)cc4)CC32)ccc2c1COC2=O. The van der Waals surface area contributed by atoms with Gasteiger partial charge in [0.1, 0.15) is 6.61 Å². The summed E-state index contributed by atoms with van der Waals surface area (Å²) in [6.45, 7) is 4.18. The number of aliphatic hydroxyl groups excluding tert-OH is 1. The lowest BCUT2D eigenvalue weighted by molar-refractivity contribution is 0.0535. The monoisotopic (exact) mass is 467 g/mol. The van der Waals surface area contributed by atoms with Gasteiger partial charge in [-0.3, -0.25) is 4.90 Å². The summed E-state index contributed by atoms with van der Waals surface area (Å²) in [6, 6.07) is 11.5. The first-order chi connectivity index (χ1) is 15.8. The van der Waals surface area contributed by atoms with Crippen molar-refractivity contribution in [2.45, 2.75) is 37.0 Å². The van der Waals surface area contributed by atoms with E-state index in [4.69, 9.17) is 10.00 Å². The zero-order chi connectivity index (χ0) is 23.3. The number of likely N-dealkylation sites (tertiary alicyclic amines) is 1. The Morgan fingerprint density at radius 2 is 1.97 bits per heavy atom. The molecule has 5 rings (SSSR count). The lowest BCUT2D eigenvalue weighted by Gasteiger charge is -2.27. The summed E-state index contributed by atoms with van der Waals surface area (Å²) in [6.07, 6.45) is 0.136. The normalized spacial score (nSPS) is 23.7. The maximum Gasteiger partial charge on any atom is 0.338 e. The number of nitrogens with zero attached hydrogens (tertiary/aromatic N) is 3. The third-order valence-electron chi connectivity index (χ3n) is 7.22. The Bertz CT molecular complexity index is 1250. The largest absolute Gasteiger partial charge is 0.457 e. The van der Waals surface area contributed by atoms with Gasteiger partial charge in [0.25, 0.3) is 0 Å². The zero-order valence-corrected chi connectivity index (χ0v) is 19.1. The van der Waals surface area contributed by atoms with Crippen molar-refractivity contribution in [3.05, 3.63) is 64.2 Å². The van der Waals surface area contributed by atoms with Gasteiger partial charge in [0.15, 0.2) is 0 Å². The van der Waals surface area contributed by atoms with Crippen molar-refractivity contribution in [3.8, 4) is 6.07 Å². The fraction of sp³-hybridized carbons (Fsp3) is 0.417. The van der Waals surface area contributed by atoms with Crippen molar-refractivity contribution in [2.24, 2.45) is 5.92 Å². The van der Waals surface area contributed by atoms with E-state index in [0.29, 0.717) is 30.8 Å². The average Bonchev–Trinajstić information content (AvgIpc) is 3.50. The van der Waals surface area contributed by atoms with Gasteiger partial charge in [-0.25, -0.2) is 13.2 Å². The molecule has 1 N–H and O–H groups in total. The number of rotatable bonds is 5. The van der Waals surface area contributed by atoms with Crippen LogP contribution in [0.5, 0.6) is 0 Å². The number of β-amino-alcohol motifs (C(OH)–C–C–N with tert-alkyl or cyclic N) is 1. The van der Waals surface area contributed by atoms with E-state index < -0.39 is 16.1 Å². The number of cyclic esters (lactones) is 1. The number of ether oxygens (including phenoxy) is 1. The fourth-order valence-electron chi connectivity index (χ4n) is 5.33. The van der Waals surface area contributed by atoms with Crippen molar-refractivity contribution in [3.63, 3.8) is 0 Å². The Balaban J connectivity index is 1.30. The predicted molar refractivity (Wildman–Crippen MR) is 119 cm³/mol. The molecule has 3 atom stereocenters. The van der Waals surface area contributed by atoms with Crippen molar-refractivity contribution >= 4 is 16.0 Å². The minimum absolute atomic E-state index is 0.0486. The van der Waals surface area contributed by atoms with Crippen LogP contribution in [-0.2, 0) is 21.4 Å². The van der Waals surface area contributed by atoms with Crippen LogP contribution < -0.4 is 0 Å². The fourth-order valence-corrected chi connectivity index (χ4v) is 6.85. The van der Waals surface area contributed by atoms with E-state index in [9.17, 15) is 18.3 Å². The number of esters is 1. The Kier molecular flexibility index (Phi) is 5.49. The van der Waals surface area contributed by atoms with Crippen LogP contribution in [0.25, 0.3) is 0 Å². The molecule has 2 fully saturated rings. The molecule has 0 spiro atoms. The quantitative estimate of drug-likeness (QED) is 0.669. The van der Waals surface area contributed by atoms with Crippen molar-refractivity contribution in [1.82, 2.24) is 9.21 Å². The molecular weight excluding hydrogens is 442 g/mol. The van der Waals surface area contributed by atoms with Crippen LogP contribution in [0.2, 0.25) is 0 Å². The molecule has 0 aliphatic carbocycles. The molecule has 3 aliphatic rings. The smallest absolute Gasteiger partial charge is 0.338 e. The molecule has 33 heavy (non-hydrogen) atoms. The van der Waals surface area contributed by atoms with E-state index >= 15 is 0 Å². The van der Waals surface area contributed by atoms with Crippen LogP contribution in [0.4, 0.5) is 0 Å². The first kappa shape index (κ1) is 22.0. The maximum absolute atomic E-state index is 13.1. The van der Waals surface area contributed by atoms with E-state index in [1.165, 1.54) is 28.6 Å². The molecule has 3 aliphatic heterocycles. The lowest BCUT2D eigenvalue weighted by Crippen LogP contribution is -2.39. The highest BCUT2D eigenvalue weighted by Gasteiger charge is 2.45. The third-order valence-corrected chi connectivity index (χ3v) is 9.07. The second kappa shape index (κ2) is 8.22. The molecule has 0 radical (unpaired) electrons. The van der Waals surface area contributed by atoms with E-state index in [1.54, 1.807) is 12.1 Å². The molecule has 0 saturated carbocycles. The molecule has 3 heterocycles. The zero-order valence-electron chi connectivity index (χ0n) is 18.3. The van der Waals surface area contributed by atoms with Crippen LogP contribution in [0, 0.1) is 24.2 Å². The molecule has 0 amide bonds. The highest BCUT2D eigenvalue weighted by Crippen LogP contribution is 2.36. The Labute approximate surface area is 193 Å². The van der Waals surface area contributed by atoms with Gasteiger partial charge < -0.3 is 9.84 Å². The number of aliphatic hydroxyl groups is 1. The molecule has 3 unspecified atom stereocenters. The first-order valence-electron chi connectivity index (χ1n) is 11.0. The number of sulfonamides is 1. The van der Waals surface area contributed by atoms with Crippen molar-refractivity contribution in [1.29, 1.82) is 5.26 Å². The number of hydrogen-bond acceptors (Lipinski definition) is 7. The summed E-state index contributed by atoms with van der Waals surface area (Å²) in [5.41, 5.74) is 3.46. The van der Waals surface area contributed by atoms with E-state index in [-0.39, 0.29) is 29.4 Å². The number of hydrogen-bond donors (Lipinski definition) is 1. The predicted octanol–water partition coefficient (Wildman–Crippen LogP) is 1.97. The summed E-state index contributed by atoms with van der Waals surface area (Å²) in [5.74, 6) is -0.108. The van der Waals surface area contributed by atoms with E-state index in [1.807, 2.05) is 13.0 Å². The first-order valence-corrected chi connectivity index (χ1v) is 12.5. The van der Waals surface area contributed by atoms with Crippen LogP contribution in [0.3, 0.4) is 0 Å². The Hall–Kier alpha value is -2.77. The molecule has 9 heteroatoms. The van der Waals surface area contributed by atoms with Gasteiger partial charge in [-0.05, 0) is 67.3 Å². The standard InChI is InChI=1S/C24H25N3O5S/c1-15-19(6-7-20-21(15)14-32-24(20)29)23(28)13-26-9-8-17-11-27(12-22(17)26)33(30,31)18-4-2-16(10-25)3-5-18/h2-7,17,22-23,28H,8-9,11-14H2,1H3. The van der Waals surface area contributed by atoms with Gasteiger partial charge >= 0.3 is 5.97 Å². The van der Waals surface area contributed by atoms with E-state index in [0.717, 1.165) is 29.7 Å². The topological polar surface area (TPSA) is 111 Å². The minimum Gasteiger partial charge on any atom is -0.457 e. The molecule has 2 aromatic carbocycles. The maximum atomic E-state index is 13.1. The number of nitriles is 1. The van der Waals surface area contributed by atoms with E-state index in [2.05, 4.69) is 4.90 Å². The molecule has 0 aromatic heterocycles. The summed E-state index contributed by atoms with van der Waals surface area (Å²) in [5, 5.41) is 20.0. The van der Waals surface area contributed by atoms with Gasteiger partial charge in [-0.1, -0.05) is 6.07 Å². The molecular formula is C24H25N3O5S. The number of fused-ring (bicyclic) bond motifs is 2. The van der Waals surface area contributed by atoms with Gasteiger partial charge in [0, 0.05) is 31.2 Å². The summed E-state index contributed by atoms with van der Waals surface area (Å²) >= 11 is 0. The average molecular weight is 468 g/mol. The van der Waals surface area contributed by atoms with Crippen LogP contribution >= 0.6 is 0 Å². The number of carbonyl (C=O) groups excluding carboxylic acids is 1. The molecule has 172 valence electrons. The molecule has 2 saturated heterocycles. The molecule has 2 aromatic rings. The number of benzene rings is 2. The summed E-state index contributed by atoms with van der Waals surface area (Å²) < 4.78 is 32.9. The third kappa shape index (κ3) is 3.73. The molecule has 0 bridgehead atoms. The second-order valence-electron chi connectivity index (χ2n) is 8.97. The van der Waals surface area contributed by atoms with Gasteiger partial charge in [-0.2, -0.15) is 9.57 Å². The highest BCUT2D eigenvalue weighted by molar-refractivity contribution is 7.89.